The van der Waals surface area contributed by atoms with Gasteiger partial charge in [-0.3, -0.25) is 5.14 Å². The number of benzene rings is 1. The van der Waals surface area contributed by atoms with E-state index in [-0.39, 0.29) is 0 Å². The molecule has 0 aromatic heterocycles. The van der Waals surface area contributed by atoms with E-state index in [1.54, 1.807) is 0 Å². The second-order valence-electron chi connectivity index (χ2n) is 3.11. The van der Waals surface area contributed by atoms with Crippen LogP contribution in [0.15, 0.2) is 35.2 Å². The summed E-state index contributed by atoms with van der Waals surface area (Å²) in [5.41, 5.74) is 5.23. The minimum absolute atomic E-state index is 0.611. The van der Waals surface area contributed by atoms with Gasteiger partial charge < -0.3 is 5.73 Å². The summed E-state index contributed by atoms with van der Waals surface area (Å²) in [6.07, 6.45) is 2.46. The van der Waals surface area contributed by atoms with Crippen molar-refractivity contribution in [2.24, 2.45) is 16.8 Å². The van der Waals surface area contributed by atoms with Gasteiger partial charge in [0.15, 0.2) is 0 Å². The number of hydrogen-bond donors (Lipinski definition) is 2. The van der Waals surface area contributed by atoms with Gasteiger partial charge in [-0.1, -0.05) is 30.4 Å². The number of thiocarbonyl (C=S) groups is 1. The molecule has 1 fully saturated rings. The van der Waals surface area contributed by atoms with Crippen molar-refractivity contribution in [3.63, 3.8) is 0 Å². The Balaban J connectivity index is 0.000000146. The summed E-state index contributed by atoms with van der Waals surface area (Å²) in [7, 11) is 0. The number of nitrogens with two attached hydrogens (primary N) is 2. The van der Waals surface area contributed by atoms with E-state index in [0.29, 0.717) is 10.9 Å². The van der Waals surface area contributed by atoms with Crippen LogP contribution in [-0.2, 0) is 0 Å². The highest BCUT2D eigenvalue weighted by Crippen LogP contribution is 2.28. The third-order valence-electron chi connectivity index (χ3n) is 1.86. The summed E-state index contributed by atoms with van der Waals surface area (Å²) in [6.45, 7) is 0. The number of hydrogen-bond acceptors (Lipinski definition) is 3. The normalized spacial score (nSPS) is 14.1. The Hall–Kier alpha value is -0.580. The highest BCUT2D eigenvalue weighted by atomic mass is 32.2. The molecule has 0 radical (unpaired) electrons. The van der Waals surface area contributed by atoms with Crippen LogP contribution < -0.4 is 10.9 Å². The molecule has 1 aliphatic rings. The van der Waals surface area contributed by atoms with E-state index in [0.717, 1.165) is 4.90 Å². The molecule has 1 aromatic carbocycles. The van der Waals surface area contributed by atoms with Crippen LogP contribution in [0.3, 0.4) is 0 Å². The predicted molar refractivity (Wildman–Crippen MR) is 66.0 cm³/mol. The Bertz CT molecular complexity index is 283. The Kier molecular flexibility index (Phi) is 4.93. The molecular weight excluding hydrogens is 212 g/mol. The van der Waals surface area contributed by atoms with Gasteiger partial charge in [0.05, 0.1) is 4.99 Å². The summed E-state index contributed by atoms with van der Waals surface area (Å²) >= 11 is 5.93. The van der Waals surface area contributed by atoms with Crippen LogP contribution in [0.1, 0.15) is 12.8 Å². The lowest BCUT2D eigenvalue weighted by molar-refractivity contribution is 1.20. The first-order valence-electron chi connectivity index (χ1n) is 4.45. The quantitative estimate of drug-likeness (QED) is 0.600. The molecule has 0 atom stereocenters. The van der Waals surface area contributed by atoms with Crippen LogP contribution in [0.5, 0.6) is 0 Å². The van der Waals surface area contributed by atoms with E-state index in [1.165, 1.54) is 24.8 Å². The van der Waals surface area contributed by atoms with Crippen LogP contribution in [-0.4, -0.2) is 4.99 Å². The molecule has 4 N–H and O–H groups in total. The van der Waals surface area contributed by atoms with Crippen LogP contribution in [0.4, 0.5) is 0 Å². The van der Waals surface area contributed by atoms with Crippen LogP contribution >= 0.6 is 24.2 Å². The fraction of sp³-hybridized carbons (Fsp3) is 0.300. The third kappa shape index (κ3) is 4.60. The topological polar surface area (TPSA) is 52.0 Å². The summed E-state index contributed by atoms with van der Waals surface area (Å²) in [5.74, 6) is 0.611. The molecule has 0 unspecified atom stereocenters. The highest BCUT2D eigenvalue weighted by molar-refractivity contribution is 7.97. The maximum Gasteiger partial charge on any atom is 0.0758 e. The zero-order valence-electron chi connectivity index (χ0n) is 7.85. The van der Waals surface area contributed by atoms with Crippen molar-refractivity contribution in [3.05, 3.63) is 30.3 Å². The van der Waals surface area contributed by atoms with Crippen LogP contribution in [0.25, 0.3) is 0 Å². The molecule has 1 saturated carbocycles. The van der Waals surface area contributed by atoms with Crippen molar-refractivity contribution in [1.29, 1.82) is 0 Å². The molecule has 0 bridgehead atoms. The lowest BCUT2D eigenvalue weighted by Crippen LogP contribution is -2.08. The first-order chi connectivity index (χ1) is 6.74. The second kappa shape index (κ2) is 6.01. The second-order valence-corrected chi connectivity index (χ2v) is 4.29. The van der Waals surface area contributed by atoms with Crippen molar-refractivity contribution < 1.29 is 0 Å². The maximum atomic E-state index is 5.27. The fourth-order valence-corrected chi connectivity index (χ4v) is 1.42. The molecular formula is C10H14N2S2. The minimum Gasteiger partial charge on any atom is -0.393 e. The van der Waals surface area contributed by atoms with Gasteiger partial charge in [-0.15, -0.1) is 0 Å². The molecule has 1 aliphatic carbocycles. The standard InChI is InChI=1S/C6H7NS.C4H7NS/c7-8-6-4-2-1-3-5-6;5-4(6)3-1-2-3/h1-5H,7H2;3H,1-2H2,(H2,5,6). The van der Waals surface area contributed by atoms with Crippen molar-refractivity contribution >= 4 is 29.2 Å². The Labute approximate surface area is 94.2 Å². The first-order valence-corrected chi connectivity index (χ1v) is 5.74. The molecule has 1 aromatic rings. The highest BCUT2D eigenvalue weighted by Gasteiger charge is 2.23. The molecule has 76 valence electrons. The first kappa shape index (κ1) is 11.5. The van der Waals surface area contributed by atoms with Gasteiger partial charge in [0, 0.05) is 10.8 Å². The summed E-state index contributed by atoms with van der Waals surface area (Å²) < 4.78 is 0. The largest absolute Gasteiger partial charge is 0.393 e. The molecule has 2 rings (SSSR count). The van der Waals surface area contributed by atoms with Gasteiger partial charge >= 0.3 is 0 Å². The lowest BCUT2D eigenvalue weighted by Gasteiger charge is -1.88. The minimum atomic E-state index is 0.611. The zero-order chi connectivity index (χ0) is 10.4. The average molecular weight is 226 g/mol. The van der Waals surface area contributed by atoms with Gasteiger partial charge in [0.25, 0.3) is 0 Å². The Morgan fingerprint density at radius 2 is 1.86 bits per heavy atom. The van der Waals surface area contributed by atoms with Gasteiger partial charge in [-0.2, -0.15) is 0 Å². The number of rotatable bonds is 2. The van der Waals surface area contributed by atoms with Gasteiger partial charge in [-0.05, 0) is 36.9 Å². The fourth-order valence-electron chi connectivity index (χ4n) is 0.867. The smallest absolute Gasteiger partial charge is 0.0758 e. The summed E-state index contributed by atoms with van der Waals surface area (Å²) in [5, 5.41) is 5.27. The van der Waals surface area contributed by atoms with E-state index in [1.807, 2.05) is 30.3 Å². The molecule has 0 amide bonds. The van der Waals surface area contributed by atoms with Crippen LogP contribution in [0.2, 0.25) is 0 Å². The predicted octanol–water partition coefficient (Wildman–Crippen LogP) is 2.33. The molecule has 4 heteroatoms. The maximum absolute atomic E-state index is 5.27. The monoisotopic (exact) mass is 226 g/mol. The van der Waals surface area contributed by atoms with Crippen molar-refractivity contribution in [2.45, 2.75) is 17.7 Å². The van der Waals surface area contributed by atoms with E-state index < -0.39 is 0 Å². The van der Waals surface area contributed by atoms with Gasteiger partial charge in [0.2, 0.25) is 0 Å². The van der Waals surface area contributed by atoms with Crippen LogP contribution in [0, 0.1) is 5.92 Å². The van der Waals surface area contributed by atoms with Crippen molar-refractivity contribution in [3.8, 4) is 0 Å². The molecule has 0 spiro atoms. The molecule has 2 nitrogen and oxygen atoms in total. The lowest BCUT2D eigenvalue weighted by atomic mass is 10.4. The molecule has 0 saturated heterocycles. The SMILES string of the molecule is NC(=S)C1CC1.NSc1ccccc1. The van der Waals surface area contributed by atoms with E-state index in [9.17, 15) is 0 Å². The third-order valence-corrected chi connectivity index (χ3v) is 2.74. The summed E-state index contributed by atoms with van der Waals surface area (Å²) in [4.78, 5) is 1.81. The van der Waals surface area contributed by atoms with E-state index in [4.69, 9.17) is 10.9 Å². The summed E-state index contributed by atoms with van der Waals surface area (Å²) in [6, 6.07) is 9.86. The van der Waals surface area contributed by atoms with Crippen molar-refractivity contribution in [1.82, 2.24) is 0 Å². The zero-order valence-corrected chi connectivity index (χ0v) is 9.48. The Morgan fingerprint density at radius 3 is 2.07 bits per heavy atom. The molecule has 14 heavy (non-hydrogen) atoms. The Morgan fingerprint density at radius 1 is 1.29 bits per heavy atom. The van der Waals surface area contributed by atoms with Crippen molar-refractivity contribution in [2.75, 3.05) is 0 Å². The van der Waals surface area contributed by atoms with Gasteiger partial charge in [-0.25, -0.2) is 0 Å². The van der Waals surface area contributed by atoms with E-state index >= 15 is 0 Å². The molecule has 0 aliphatic heterocycles. The van der Waals surface area contributed by atoms with E-state index in [2.05, 4.69) is 12.2 Å². The average Bonchev–Trinajstić information content (AvgIpc) is 3.03. The van der Waals surface area contributed by atoms with Gasteiger partial charge in [0.1, 0.15) is 0 Å². The molecule has 0 heterocycles.